The van der Waals surface area contributed by atoms with E-state index >= 15 is 0 Å². The fraction of sp³-hybridized carbons (Fsp3) is 0.500. The van der Waals surface area contributed by atoms with Gasteiger partial charge in [0.15, 0.2) is 0 Å². The van der Waals surface area contributed by atoms with Crippen molar-refractivity contribution in [3.05, 3.63) is 22.7 Å². The maximum atomic E-state index is 12.6. The van der Waals surface area contributed by atoms with Gasteiger partial charge in [0, 0.05) is 37.5 Å². The Bertz CT molecular complexity index is 581. The van der Waals surface area contributed by atoms with Gasteiger partial charge in [-0.2, -0.15) is 4.31 Å². The van der Waals surface area contributed by atoms with E-state index in [-0.39, 0.29) is 30.2 Å². The predicted molar refractivity (Wildman–Crippen MR) is 78.9 cm³/mol. The van der Waals surface area contributed by atoms with Gasteiger partial charge in [0.25, 0.3) is 0 Å². The number of methoxy groups -OCH3 is 2. The van der Waals surface area contributed by atoms with E-state index in [1.165, 1.54) is 10.4 Å². The maximum Gasteiger partial charge on any atom is 0.244 e. The summed E-state index contributed by atoms with van der Waals surface area (Å²) in [5.41, 5.74) is 6.13. The Balaban J connectivity index is 2.32. The van der Waals surface area contributed by atoms with Gasteiger partial charge in [0.05, 0.1) is 17.1 Å². The van der Waals surface area contributed by atoms with E-state index in [1.54, 1.807) is 26.4 Å². The van der Waals surface area contributed by atoms with Gasteiger partial charge in [-0.15, -0.1) is 0 Å². The lowest BCUT2D eigenvalue weighted by Gasteiger charge is -2.17. The molecule has 0 radical (unpaired) electrons. The highest BCUT2D eigenvalue weighted by Gasteiger charge is 2.40. The molecule has 2 N–H and O–H groups in total. The van der Waals surface area contributed by atoms with Crippen molar-refractivity contribution in [3.8, 4) is 0 Å². The summed E-state index contributed by atoms with van der Waals surface area (Å²) in [7, 11) is -0.506. The Hall–Kier alpha value is -0.670. The van der Waals surface area contributed by atoms with Crippen LogP contribution in [0.3, 0.4) is 0 Å². The largest absolute Gasteiger partial charge is 0.399 e. The number of anilines is 1. The molecule has 2 rings (SSSR count). The standard InChI is InChI=1S/C12H17BrN2O4S/c1-18-10-6-15(7-11(10)19-2)20(16,17)12-4-3-8(14)5-9(12)13/h3-5,10-11H,6-7,14H2,1-2H3. The van der Waals surface area contributed by atoms with Gasteiger partial charge in [-0.1, -0.05) is 0 Å². The normalized spacial score (nSPS) is 24.1. The van der Waals surface area contributed by atoms with E-state index < -0.39 is 10.0 Å². The van der Waals surface area contributed by atoms with Crippen molar-refractivity contribution >= 4 is 31.6 Å². The zero-order valence-corrected chi connectivity index (χ0v) is 13.6. The molecule has 1 aromatic carbocycles. The lowest BCUT2D eigenvalue weighted by atomic mass is 10.3. The molecule has 0 spiro atoms. The molecule has 2 unspecified atom stereocenters. The molecule has 0 amide bonds. The summed E-state index contributed by atoms with van der Waals surface area (Å²) in [6, 6.07) is 4.64. The molecule has 6 nitrogen and oxygen atoms in total. The molecular formula is C12H17BrN2O4S. The van der Waals surface area contributed by atoms with Gasteiger partial charge < -0.3 is 15.2 Å². The number of hydrogen-bond acceptors (Lipinski definition) is 5. The second-order valence-electron chi connectivity index (χ2n) is 4.56. The quantitative estimate of drug-likeness (QED) is 0.808. The number of hydrogen-bond donors (Lipinski definition) is 1. The van der Waals surface area contributed by atoms with Crippen LogP contribution in [-0.4, -0.2) is 52.2 Å². The minimum Gasteiger partial charge on any atom is -0.399 e. The smallest absolute Gasteiger partial charge is 0.244 e. The molecule has 0 bridgehead atoms. The van der Waals surface area contributed by atoms with Crippen molar-refractivity contribution in [2.45, 2.75) is 17.1 Å². The number of ether oxygens (including phenoxy) is 2. The third kappa shape index (κ3) is 2.84. The third-order valence-corrected chi connectivity index (χ3v) is 6.17. The van der Waals surface area contributed by atoms with Crippen LogP contribution < -0.4 is 5.73 Å². The second-order valence-corrected chi connectivity index (χ2v) is 7.32. The molecule has 0 aromatic heterocycles. The lowest BCUT2D eigenvalue weighted by molar-refractivity contribution is -0.00461. The minimum absolute atomic E-state index is 0.193. The number of halogens is 1. The Morgan fingerprint density at radius 2 is 1.80 bits per heavy atom. The van der Waals surface area contributed by atoms with E-state index in [0.717, 1.165) is 0 Å². The molecule has 8 heteroatoms. The molecule has 112 valence electrons. The molecular weight excluding hydrogens is 348 g/mol. The zero-order valence-electron chi connectivity index (χ0n) is 11.2. The van der Waals surface area contributed by atoms with Crippen LogP contribution in [0.4, 0.5) is 5.69 Å². The molecule has 1 saturated heterocycles. The average molecular weight is 365 g/mol. The van der Waals surface area contributed by atoms with Gasteiger partial charge in [-0.25, -0.2) is 8.42 Å². The first-order valence-electron chi connectivity index (χ1n) is 6.01. The molecule has 0 aliphatic carbocycles. The first kappa shape index (κ1) is 15.7. The van der Waals surface area contributed by atoms with Crippen LogP contribution in [0.1, 0.15) is 0 Å². The van der Waals surface area contributed by atoms with Crippen LogP contribution >= 0.6 is 15.9 Å². The van der Waals surface area contributed by atoms with Crippen molar-refractivity contribution < 1.29 is 17.9 Å². The number of nitrogen functional groups attached to an aromatic ring is 1. The Morgan fingerprint density at radius 3 is 2.25 bits per heavy atom. The topological polar surface area (TPSA) is 81.9 Å². The van der Waals surface area contributed by atoms with Crippen LogP contribution in [0, 0.1) is 0 Å². The third-order valence-electron chi connectivity index (χ3n) is 3.36. The second kappa shape index (κ2) is 5.98. The van der Waals surface area contributed by atoms with Gasteiger partial charge >= 0.3 is 0 Å². The van der Waals surface area contributed by atoms with Crippen molar-refractivity contribution in [3.63, 3.8) is 0 Å². The van der Waals surface area contributed by atoms with Crippen LogP contribution in [0.15, 0.2) is 27.6 Å². The Labute approximate surface area is 127 Å². The summed E-state index contributed by atoms with van der Waals surface area (Å²) >= 11 is 3.25. The Morgan fingerprint density at radius 1 is 1.25 bits per heavy atom. The fourth-order valence-corrected chi connectivity index (χ4v) is 4.75. The lowest BCUT2D eigenvalue weighted by Crippen LogP contribution is -2.30. The van der Waals surface area contributed by atoms with Crippen molar-refractivity contribution in [2.75, 3.05) is 33.0 Å². The number of benzene rings is 1. The minimum atomic E-state index is -3.60. The first-order valence-corrected chi connectivity index (χ1v) is 8.24. The van der Waals surface area contributed by atoms with Gasteiger partial charge in [0.1, 0.15) is 0 Å². The SMILES string of the molecule is COC1CN(S(=O)(=O)c2ccc(N)cc2Br)CC1OC. The summed E-state index contributed by atoms with van der Waals surface area (Å²) in [6.07, 6.45) is -0.523. The van der Waals surface area contributed by atoms with Crippen molar-refractivity contribution in [2.24, 2.45) is 0 Å². The van der Waals surface area contributed by atoms with E-state index in [0.29, 0.717) is 10.2 Å². The first-order chi connectivity index (χ1) is 9.40. The highest BCUT2D eigenvalue weighted by molar-refractivity contribution is 9.10. The number of sulfonamides is 1. The molecule has 1 heterocycles. The van der Waals surface area contributed by atoms with Crippen LogP contribution in [0.25, 0.3) is 0 Å². The fourth-order valence-electron chi connectivity index (χ4n) is 2.23. The van der Waals surface area contributed by atoms with Gasteiger partial charge in [-0.05, 0) is 34.1 Å². The molecule has 1 aromatic rings. The van der Waals surface area contributed by atoms with Crippen molar-refractivity contribution in [1.29, 1.82) is 0 Å². The van der Waals surface area contributed by atoms with Crippen molar-refractivity contribution in [1.82, 2.24) is 4.31 Å². The molecule has 0 saturated carbocycles. The number of rotatable bonds is 4. The number of nitrogens with two attached hydrogens (primary N) is 1. The van der Waals surface area contributed by atoms with Gasteiger partial charge in [-0.3, -0.25) is 0 Å². The highest BCUT2D eigenvalue weighted by atomic mass is 79.9. The van der Waals surface area contributed by atoms with Gasteiger partial charge in [0.2, 0.25) is 10.0 Å². The number of nitrogens with zero attached hydrogens (tertiary/aromatic N) is 1. The van der Waals surface area contributed by atoms with E-state index in [2.05, 4.69) is 15.9 Å². The van der Waals surface area contributed by atoms with E-state index in [1.807, 2.05) is 0 Å². The molecule has 1 fully saturated rings. The molecule has 1 aliphatic heterocycles. The zero-order chi connectivity index (χ0) is 14.9. The molecule has 20 heavy (non-hydrogen) atoms. The Kier molecular flexibility index (Phi) is 4.70. The summed E-state index contributed by atoms with van der Waals surface area (Å²) in [5, 5.41) is 0. The van der Waals surface area contributed by atoms with E-state index in [9.17, 15) is 8.42 Å². The average Bonchev–Trinajstić information content (AvgIpc) is 2.82. The molecule has 1 aliphatic rings. The summed E-state index contributed by atoms with van der Waals surface area (Å²) in [5.74, 6) is 0. The predicted octanol–water partition coefficient (Wildman–Crippen LogP) is 1.07. The van der Waals surface area contributed by atoms with Crippen LogP contribution in [-0.2, 0) is 19.5 Å². The highest BCUT2D eigenvalue weighted by Crippen LogP contribution is 2.30. The van der Waals surface area contributed by atoms with E-state index in [4.69, 9.17) is 15.2 Å². The summed E-state index contributed by atoms with van der Waals surface area (Å²) < 4.78 is 37.6. The molecule has 2 atom stereocenters. The van der Waals surface area contributed by atoms with Crippen LogP contribution in [0.2, 0.25) is 0 Å². The monoisotopic (exact) mass is 364 g/mol. The summed E-state index contributed by atoms with van der Waals surface area (Å²) in [6.45, 7) is 0.544. The maximum absolute atomic E-state index is 12.6. The van der Waals surface area contributed by atoms with Crippen LogP contribution in [0.5, 0.6) is 0 Å². The summed E-state index contributed by atoms with van der Waals surface area (Å²) in [4.78, 5) is 0.193.